The first-order valence-corrected chi connectivity index (χ1v) is 6.15. The van der Waals surface area contributed by atoms with Crippen LogP contribution in [0.4, 0.5) is 11.5 Å². The van der Waals surface area contributed by atoms with Crippen LogP contribution < -0.4 is 4.90 Å². The minimum atomic E-state index is -0.989. The zero-order chi connectivity index (χ0) is 15.4. The number of carbonyl (C=O) groups excluding carboxylic acids is 1. The Morgan fingerprint density at radius 2 is 1.86 bits per heavy atom. The molecule has 0 bridgehead atoms. The van der Waals surface area contributed by atoms with Crippen molar-refractivity contribution in [1.82, 2.24) is 4.98 Å². The second-order valence-corrected chi connectivity index (χ2v) is 4.28. The molecule has 0 atom stereocenters. The highest BCUT2D eigenvalue weighted by Gasteiger charge is 2.17. The molecule has 1 N–H and O–H groups in total. The molecule has 2 rings (SSSR count). The molecule has 1 heterocycles. The summed E-state index contributed by atoms with van der Waals surface area (Å²) in [4.78, 5) is 28.5. The van der Waals surface area contributed by atoms with E-state index in [2.05, 4.69) is 4.98 Å². The van der Waals surface area contributed by atoms with Gasteiger partial charge in [0.05, 0.1) is 12.7 Å². The number of esters is 1. The number of carboxylic acids is 1. The Morgan fingerprint density at radius 1 is 1.19 bits per heavy atom. The fourth-order valence-electron chi connectivity index (χ4n) is 1.88. The summed E-state index contributed by atoms with van der Waals surface area (Å²) in [5.74, 6) is -1.03. The average Bonchev–Trinajstić information content (AvgIpc) is 2.53. The van der Waals surface area contributed by atoms with E-state index >= 15 is 0 Å². The first-order chi connectivity index (χ1) is 10.0. The van der Waals surface area contributed by atoms with E-state index in [0.29, 0.717) is 17.1 Å². The summed E-state index contributed by atoms with van der Waals surface area (Å²) in [6, 6.07) is 9.57. The smallest absolute Gasteiger partial charge is 0.341 e. The number of anilines is 2. The molecule has 21 heavy (non-hydrogen) atoms. The molecule has 0 spiro atoms. The molecular weight excluding hydrogens is 272 g/mol. The summed E-state index contributed by atoms with van der Waals surface area (Å²) >= 11 is 0. The lowest BCUT2D eigenvalue weighted by Gasteiger charge is -2.20. The number of aromatic nitrogens is 1. The van der Waals surface area contributed by atoms with Crippen molar-refractivity contribution < 1.29 is 19.4 Å². The fourth-order valence-corrected chi connectivity index (χ4v) is 1.88. The second-order valence-electron chi connectivity index (χ2n) is 4.28. The maximum absolute atomic E-state index is 11.7. The van der Waals surface area contributed by atoms with E-state index in [0.717, 1.165) is 0 Å². The highest BCUT2D eigenvalue weighted by atomic mass is 16.5. The van der Waals surface area contributed by atoms with Gasteiger partial charge in [0.15, 0.2) is 0 Å². The molecule has 1 aromatic carbocycles. The summed E-state index contributed by atoms with van der Waals surface area (Å²) < 4.78 is 4.73. The van der Waals surface area contributed by atoms with Gasteiger partial charge in [-0.3, -0.25) is 0 Å². The molecule has 0 radical (unpaired) electrons. The first-order valence-electron chi connectivity index (χ1n) is 6.15. The summed E-state index contributed by atoms with van der Waals surface area (Å²) in [6.07, 6.45) is 1.57. The van der Waals surface area contributed by atoms with Crippen LogP contribution in [0.1, 0.15) is 20.7 Å². The lowest BCUT2D eigenvalue weighted by Crippen LogP contribution is -2.16. The third-order valence-corrected chi connectivity index (χ3v) is 3.01. The van der Waals surface area contributed by atoms with Gasteiger partial charge in [-0.25, -0.2) is 14.6 Å². The van der Waals surface area contributed by atoms with Crippen molar-refractivity contribution in [3.8, 4) is 0 Å². The van der Waals surface area contributed by atoms with Crippen molar-refractivity contribution in [2.75, 3.05) is 19.1 Å². The molecule has 0 fully saturated rings. The van der Waals surface area contributed by atoms with Crippen molar-refractivity contribution in [3.05, 3.63) is 53.7 Å². The Kier molecular flexibility index (Phi) is 4.18. The topological polar surface area (TPSA) is 79.7 Å². The van der Waals surface area contributed by atoms with Gasteiger partial charge in [0.25, 0.3) is 0 Å². The van der Waals surface area contributed by atoms with Gasteiger partial charge in [-0.1, -0.05) is 0 Å². The molecule has 0 saturated heterocycles. The van der Waals surface area contributed by atoms with Gasteiger partial charge in [-0.2, -0.15) is 0 Å². The van der Waals surface area contributed by atoms with E-state index in [1.807, 2.05) is 0 Å². The van der Waals surface area contributed by atoms with E-state index in [1.54, 1.807) is 42.4 Å². The molecule has 0 amide bonds. The summed E-state index contributed by atoms with van der Waals surface area (Å²) in [6.45, 7) is 0. The molecule has 0 saturated carbocycles. The number of rotatable bonds is 4. The first kappa shape index (κ1) is 14.5. The lowest BCUT2D eigenvalue weighted by molar-refractivity contribution is 0.0600. The Bertz CT molecular complexity index is 668. The molecule has 6 heteroatoms. The number of hydrogen-bond acceptors (Lipinski definition) is 5. The van der Waals surface area contributed by atoms with Gasteiger partial charge in [0.2, 0.25) is 0 Å². The van der Waals surface area contributed by atoms with Gasteiger partial charge >= 0.3 is 11.9 Å². The summed E-state index contributed by atoms with van der Waals surface area (Å²) in [5, 5.41) is 8.89. The average molecular weight is 286 g/mol. The molecule has 2 aromatic rings. The van der Waals surface area contributed by atoms with Crippen molar-refractivity contribution in [3.63, 3.8) is 0 Å². The molecule has 0 aliphatic heterocycles. The number of ether oxygens (including phenoxy) is 1. The summed E-state index contributed by atoms with van der Waals surface area (Å²) in [7, 11) is 3.05. The van der Waals surface area contributed by atoms with Gasteiger partial charge in [-0.05, 0) is 36.4 Å². The highest BCUT2D eigenvalue weighted by Crippen LogP contribution is 2.25. The zero-order valence-corrected chi connectivity index (χ0v) is 11.6. The number of hydrogen-bond donors (Lipinski definition) is 1. The third-order valence-electron chi connectivity index (χ3n) is 3.01. The van der Waals surface area contributed by atoms with Crippen molar-refractivity contribution in [2.45, 2.75) is 0 Å². The minimum Gasteiger partial charge on any atom is -0.478 e. The van der Waals surface area contributed by atoms with Crippen LogP contribution in [0.2, 0.25) is 0 Å². The summed E-state index contributed by atoms with van der Waals surface area (Å²) in [5.41, 5.74) is 1.25. The molecule has 0 unspecified atom stereocenters. The van der Waals surface area contributed by atoms with E-state index in [1.165, 1.54) is 19.2 Å². The van der Waals surface area contributed by atoms with Crippen LogP contribution in [-0.2, 0) is 4.74 Å². The SMILES string of the molecule is COC(=O)c1cccnc1N(C)c1ccc(C(=O)O)cc1. The third kappa shape index (κ3) is 3.00. The normalized spacial score (nSPS) is 10.0. The van der Waals surface area contributed by atoms with Gasteiger partial charge in [0.1, 0.15) is 11.4 Å². The Labute approximate surface area is 121 Å². The molecule has 6 nitrogen and oxygen atoms in total. The Balaban J connectivity index is 2.38. The Morgan fingerprint density at radius 3 is 2.43 bits per heavy atom. The second kappa shape index (κ2) is 6.04. The number of nitrogens with zero attached hydrogens (tertiary/aromatic N) is 2. The maximum atomic E-state index is 11.7. The molecule has 1 aromatic heterocycles. The zero-order valence-electron chi connectivity index (χ0n) is 11.6. The Hall–Kier alpha value is -2.89. The van der Waals surface area contributed by atoms with Crippen LogP contribution in [0.15, 0.2) is 42.6 Å². The number of carbonyl (C=O) groups is 2. The van der Waals surface area contributed by atoms with Crippen molar-refractivity contribution in [2.24, 2.45) is 0 Å². The lowest BCUT2D eigenvalue weighted by atomic mass is 10.2. The van der Waals surface area contributed by atoms with Gasteiger partial charge < -0.3 is 14.7 Å². The number of carboxylic acid groups (broad SMARTS) is 1. The van der Waals surface area contributed by atoms with Crippen molar-refractivity contribution in [1.29, 1.82) is 0 Å². The monoisotopic (exact) mass is 286 g/mol. The van der Waals surface area contributed by atoms with Crippen LogP contribution >= 0.6 is 0 Å². The maximum Gasteiger partial charge on any atom is 0.341 e. The number of methoxy groups -OCH3 is 1. The predicted molar refractivity (Wildman–Crippen MR) is 77.0 cm³/mol. The van der Waals surface area contributed by atoms with E-state index in [9.17, 15) is 9.59 Å². The minimum absolute atomic E-state index is 0.196. The van der Waals surface area contributed by atoms with Crippen LogP contribution in [0.25, 0.3) is 0 Å². The molecule has 0 aliphatic rings. The highest BCUT2D eigenvalue weighted by molar-refractivity contribution is 5.95. The number of benzene rings is 1. The van der Waals surface area contributed by atoms with E-state index in [-0.39, 0.29) is 5.56 Å². The van der Waals surface area contributed by atoms with Gasteiger partial charge in [0, 0.05) is 18.9 Å². The molecule has 108 valence electrons. The van der Waals surface area contributed by atoms with Crippen LogP contribution in [0.5, 0.6) is 0 Å². The largest absolute Gasteiger partial charge is 0.478 e. The fraction of sp³-hybridized carbons (Fsp3) is 0.133. The van der Waals surface area contributed by atoms with Crippen LogP contribution in [0.3, 0.4) is 0 Å². The van der Waals surface area contributed by atoms with E-state index in [4.69, 9.17) is 9.84 Å². The number of pyridine rings is 1. The standard InChI is InChI=1S/C15H14N2O4/c1-17(11-7-5-10(6-8-11)14(18)19)13-12(15(20)21-2)4-3-9-16-13/h3-9H,1-2H3,(H,18,19). The molecular formula is C15H14N2O4. The number of aromatic carboxylic acids is 1. The predicted octanol–water partition coefficient (Wildman–Crippen LogP) is 2.33. The van der Waals surface area contributed by atoms with Crippen molar-refractivity contribution >= 4 is 23.4 Å². The molecule has 0 aliphatic carbocycles. The van der Waals surface area contributed by atoms with Crippen LogP contribution in [0, 0.1) is 0 Å². The van der Waals surface area contributed by atoms with Crippen LogP contribution in [-0.4, -0.2) is 36.2 Å². The van der Waals surface area contributed by atoms with Gasteiger partial charge in [-0.15, -0.1) is 0 Å². The quantitative estimate of drug-likeness (QED) is 0.869. The van der Waals surface area contributed by atoms with E-state index < -0.39 is 11.9 Å².